The minimum Gasteiger partial charge on any atom is -0.457 e. The first-order valence-electron chi connectivity index (χ1n) is 6.98. The maximum absolute atomic E-state index is 5.89. The van der Waals surface area contributed by atoms with Gasteiger partial charge in [0.05, 0.1) is 11.9 Å². The minimum absolute atomic E-state index is 0.191. The van der Waals surface area contributed by atoms with Gasteiger partial charge in [0.1, 0.15) is 23.3 Å². The van der Waals surface area contributed by atoms with E-state index in [1.54, 1.807) is 12.5 Å². The monoisotopic (exact) mass is 322 g/mol. The lowest BCUT2D eigenvalue weighted by Gasteiger charge is -2.08. The summed E-state index contributed by atoms with van der Waals surface area (Å²) in [4.78, 5) is 12.5. The van der Waals surface area contributed by atoms with Crippen LogP contribution in [0.1, 0.15) is 0 Å². The van der Waals surface area contributed by atoms with Gasteiger partial charge in [-0.05, 0) is 35.9 Å². The van der Waals surface area contributed by atoms with Crippen molar-refractivity contribution in [2.24, 2.45) is 0 Å². The van der Waals surface area contributed by atoms with Crippen LogP contribution < -0.4 is 4.74 Å². The highest BCUT2D eigenvalue weighted by Crippen LogP contribution is 2.25. The molecule has 2 aromatic heterocycles. The van der Waals surface area contributed by atoms with E-state index < -0.39 is 0 Å². The molecule has 0 saturated heterocycles. The van der Waals surface area contributed by atoms with E-state index in [-0.39, 0.29) is 5.28 Å². The topological polar surface area (TPSA) is 52.8 Å². The molecular weight excluding hydrogens is 312 g/mol. The van der Waals surface area contributed by atoms with E-state index in [4.69, 9.17) is 16.3 Å². The van der Waals surface area contributed by atoms with Crippen LogP contribution in [-0.2, 0) is 0 Å². The smallest absolute Gasteiger partial charge is 0.224 e. The Labute approximate surface area is 137 Å². The minimum atomic E-state index is 0.191. The molecule has 0 aliphatic rings. The third-order valence-electron chi connectivity index (χ3n) is 3.34. The third kappa shape index (κ3) is 2.74. The van der Waals surface area contributed by atoms with E-state index in [0.717, 1.165) is 17.2 Å². The molecule has 6 heteroatoms. The number of hydrogen-bond donors (Lipinski definition) is 0. The van der Waals surface area contributed by atoms with Crippen molar-refractivity contribution in [2.45, 2.75) is 0 Å². The average Bonchev–Trinajstić information content (AvgIpc) is 2.99. The van der Waals surface area contributed by atoms with Crippen LogP contribution in [0.15, 0.2) is 67.1 Å². The van der Waals surface area contributed by atoms with Crippen LogP contribution >= 0.6 is 11.6 Å². The van der Waals surface area contributed by atoms with Crippen molar-refractivity contribution in [1.82, 2.24) is 19.5 Å². The lowest BCUT2D eigenvalue weighted by Crippen LogP contribution is -1.95. The van der Waals surface area contributed by atoms with Crippen LogP contribution in [0.2, 0.25) is 5.28 Å². The second kappa shape index (κ2) is 5.70. The summed E-state index contributed by atoms with van der Waals surface area (Å²) in [6.07, 6.45) is 3.29. The van der Waals surface area contributed by atoms with Gasteiger partial charge in [-0.25, -0.2) is 9.97 Å². The zero-order chi connectivity index (χ0) is 15.6. The molecule has 2 aromatic carbocycles. The quantitative estimate of drug-likeness (QED) is 0.529. The molecule has 23 heavy (non-hydrogen) atoms. The molecule has 0 aliphatic heterocycles. The molecule has 0 radical (unpaired) electrons. The van der Waals surface area contributed by atoms with Gasteiger partial charge < -0.3 is 4.74 Å². The van der Waals surface area contributed by atoms with Crippen molar-refractivity contribution in [2.75, 3.05) is 0 Å². The highest BCUT2D eigenvalue weighted by molar-refractivity contribution is 6.28. The average molecular weight is 323 g/mol. The van der Waals surface area contributed by atoms with Crippen LogP contribution in [0.4, 0.5) is 0 Å². The Balaban J connectivity index is 1.74. The molecule has 4 aromatic rings. The number of rotatable bonds is 3. The molecular formula is C17H11ClN4O. The molecule has 0 aliphatic carbocycles. The van der Waals surface area contributed by atoms with Gasteiger partial charge in [0, 0.05) is 6.07 Å². The second-order valence-corrected chi connectivity index (χ2v) is 5.21. The number of para-hydroxylation sites is 1. The van der Waals surface area contributed by atoms with Gasteiger partial charge in [-0.15, -0.1) is 0 Å². The standard InChI is InChI=1S/C17H11ClN4O/c18-17-19-10-15-16(21-17)22(11-20-15)12-5-4-8-14(9-12)23-13-6-2-1-3-7-13/h1-11H. The molecule has 0 unspecified atom stereocenters. The van der Waals surface area contributed by atoms with E-state index in [2.05, 4.69) is 15.0 Å². The highest BCUT2D eigenvalue weighted by atomic mass is 35.5. The maximum atomic E-state index is 5.89. The summed E-state index contributed by atoms with van der Waals surface area (Å²) in [6, 6.07) is 17.3. The summed E-state index contributed by atoms with van der Waals surface area (Å²) >= 11 is 5.89. The molecule has 0 amide bonds. The van der Waals surface area contributed by atoms with Crippen molar-refractivity contribution in [3.8, 4) is 17.2 Å². The molecule has 0 bridgehead atoms. The fraction of sp³-hybridized carbons (Fsp3) is 0. The molecule has 0 saturated carbocycles. The fourth-order valence-electron chi connectivity index (χ4n) is 2.30. The van der Waals surface area contributed by atoms with Crippen LogP contribution in [0.3, 0.4) is 0 Å². The molecule has 2 heterocycles. The maximum Gasteiger partial charge on any atom is 0.224 e. The Kier molecular flexibility index (Phi) is 3.40. The summed E-state index contributed by atoms with van der Waals surface area (Å²) in [5.41, 5.74) is 2.22. The normalized spacial score (nSPS) is 10.8. The number of fused-ring (bicyclic) bond motifs is 1. The third-order valence-corrected chi connectivity index (χ3v) is 3.52. The largest absolute Gasteiger partial charge is 0.457 e. The number of benzene rings is 2. The first kappa shape index (κ1) is 13.7. The van der Waals surface area contributed by atoms with Crippen molar-refractivity contribution < 1.29 is 4.74 Å². The Morgan fingerprint density at radius 2 is 1.74 bits per heavy atom. The Morgan fingerprint density at radius 3 is 2.61 bits per heavy atom. The van der Waals surface area contributed by atoms with E-state index >= 15 is 0 Å². The molecule has 5 nitrogen and oxygen atoms in total. The van der Waals surface area contributed by atoms with Gasteiger partial charge in [-0.1, -0.05) is 24.3 Å². The number of hydrogen-bond acceptors (Lipinski definition) is 4. The van der Waals surface area contributed by atoms with Gasteiger partial charge in [-0.3, -0.25) is 4.57 Å². The predicted molar refractivity (Wildman–Crippen MR) is 88.2 cm³/mol. The van der Waals surface area contributed by atoms with E-state index in [1.807, 2.05) is 59.2 Å². The summed E-state index contributed by atoms with van der Waals surface area (Å²) in [7, 11) is 0. The summed E-state index contributed by atoms with van der Waals surface area (Å²) in [5.74, 6) is 1.52. The Morgan fingerprint density at radius 1 is 0.913 bits per heavy atom. The SMILES string of the molecule is Clc1ncc2ncn(-c3cccc(Oc4ccccc4)c3)c2n1. The number of halogens is 1. The van der Waals surface area contributed by atoms with Crippen LogP contribution in [-0.4, -0.2) is 19.5 Å². The zero-order valence-electron chi connectivity index (χ0n) is 11.9. The molecule has 0 atom stereocenters. The molecule has 0 fully saturated rings. The predicted octanol–water partition coefficient (Wildman–Crippen LogP) is 4.26. The van der Waals surface area contributed by atoms with Crippen molar-refractivity contribution in [3.05, 3.63) is 72.4 Å². The summed E-state index contributed by atoms with van der Waals surface area (Å²) in [6.45, 7) is 0. The summed E-state index contributed by atoms with van der Waals surface area (Å²) < 4.78 is 7.71. The van der Waals surface area contributed by atoms with Gasteiger partial charge in [0.2, 0.25) is 5.28 Å². The van der Waals surface area contributed by atoms with Crippen molar-refractivity contribution >= 4 is 22.8 Å². The summed E-state index contributed by atoms with van der Waals surface area (Å²) in [5, 5.41) is 0.191. The van der Waals surface area contributed by atoms with Gasteiger partial charge in [-0.2, -0.15) is 4.98 Å². The van der Waals surface area contributed by atoms with Gasteiger partial charge in [0.25, 0.3) is 0 Å². The lowest BCUT2D eigenvalue weighted by molar-refractivity contribution is 0.482. The Hall–Kier alpha value is -2.92. The first-order chi connectivity index (χ1) is 11.3. The van der Waals surface area contributed by atoms with Gasteiger partial charge in [0.15, 0.2) is 5.65 Å². The highest BCUT2D eigenvalue weighted by Gasteiger charge is 2.08. The molecule has 4 rings (SSSR count). The zero-order valence-corrected chi connectivity index (χ0v) is 12.7. The number of aromatic nitrogens is 4. The Bertz CT molecular complexity index is 969. The van der Waals surface area contributed by atoms with Crippen molar-refractivity contribution in [3.63, 3.8) is 0 Å². The number of ether oxygens (including phenoxy) is 1. The van der Waals surface area contributed by atoms with Crippen LogP contribution in [0, 0.1) is 0 Å². The second-order valence-electron chi connectivity index (χ2n) is 4.87. The van der Waals surface area contributed by atoms with E-state index in [1.165, 1.54) is 0 Å². The first-order valence-corrected chi connectivity index (χ1v) is 7.36. The number of nitrogens with zero attached hydrogens (tertiary/aromatic N) is 4. The van der Waals surface area contributed by atoms with Crippen LogP contribution in [0.25, 0.3) is 16.9 Å². The van der Waals surface area contributed by atoms with Crippen LogP contribution in [0.5, 0.6) is 11.5 Å². The molecule has 0 spiro atoms. The number of imidazole rings is 1. The lowest BCUT2D eigenvalue weighted by atomic mass is 10.3. The molecule has 112 valence electrons. The fourth-order valence-corrected chi connectivity index (χ4v) is 2.43. The molecule has 0 N–H and O–H groups in total. The van der Waals surface area contributed by atoms with Gasteiger partial charge >= 0.3 is 0 Å². The van der Waals surface area contributed by atoms with E-state index in [0.29, 0.717) is 11.2 Å². The van der Waals surface area contributed by atoms with Crippen molar-refractivity contribution in [1.29, 1.82) is 0 Å². The van der Waals surface area contributed by atoms with E-state index in [9.17, 15) is 0 Å².